The Hall–Kier alpha value is -2.47. The molecule has 1 aromatic carbocycles. The zero-order valence-corrected chi connectivity index (χ0v) is 14.8. The van der Waals surface area contributed by atoms with Gasteiger partial charge in [0.1, 0.15) is 5.69 Å². The molecule has 6 heteroatoms. The van der Waals surface area contributed by atoms with E-state index in [0.29, 0.717) is 22.7 Å². The summed E-state index contributed by atoms with van der Waals surface area (Å²) < 4.78 is 11.5. The number of nitrogens with zero attached hydrogens (tertiary/aromatic N) is 2. The normalized spacial score (nSPS) is 10.6. The molecule has 0 amide bonds. The number of rotatable bonds is 4. The molecule has 3 aromatic rings. The number of ether oxygens (including phenoxy) is 1. The lowest BCUT2D eigenvalue weighted by molar-refractivity contribution is 0.0436. The number of carbonyl (C=O) groups is 1. The fourth-order valence-electron chi connectivity index (χ4n) is 2.25. The number of pyridine rings is 1. The van der Waals surface area contributed by atoms with Crippen molar-refractivity contribution in [2.24, 2.45) is 0 Å². The molecular formula is C18H15BrN2O3. The summed E-state index contributed by atoms with van der Waals surface area (Å²) in [5.41, 5.74) is 3.58. The van der Waals surface area contributed by atoms with Crippen LogP contribution in [0.4, 0.5) is 0 Å². The molecule has 2 aromatic heterocycles. The lowest BCUT2D eigenvalue weighted by Gasteiger charge is -2.05. The Morgan fingerprint density at radius 2 is 1.92 bits per heavy atom. The van der Waals surface area contributed by atoms with E-state index in [2.05, 4.69) is 26.1 Å². The zero-order valence-electron chi connectivity index (χ0n) is 13.2. The average molecular weight is 387 g/mol. The van der Waals surface area contributed by atoms with Crippen molar-refractivity contribution in [1.82, 2.24) is 10.1 Å². The van der Waals surface area contributed by atoms with E-state index in [-0.39, 0.29) is 6.61 Å². The highest BCUT2D eigenvalue weighted by Gasteiger charge is 2.14. The molecule has 0 aliphatic rings. The summed E-state index contributed by atoms with van der Waals surface area (Å²) in [5.74, 6) is 0.0561. The highest BCUT2D eigenvalue weighted by Crippen LogP contribution is 2.22. The monoisotopic (exact) mass is 386 g/mol. The lowest BCUT2D eigenvalue weighted by atomic mass is 10.1. The molecule has 0 aliphatic carbocycles. The Labute approximate surface area is 147 Å². The Balaban J connectivity index is 1.67. The van der Waals surface area contributed by atoms with Crippen LogP contribution in [0.1, 0.15) is 27.5 Å². The van der Waals surface area contributed by atoms with Crippen molar-refractivity contribution in [2.45, 2.75) is 20.5 Å². The Morgan fingerprint density at radius 1 is 1.17 bits per heavy atom. The highest BCUT2D eigenvalue weighted by atomic mass is 79.9. The first-order valence-electron chi connectivity index (χ1n) is 7.36. The van der Waals surface area contributed by atoms with Crippen LogP contribution < -0.4 is 0 Å². The van der Waals surface area contributed by atoms with Crippen molar-refractivity contribution in [1.29, 1.82) is 0 Å². The van der Waals surface area contributed by atoms with Gasteiger partial charge in [-0.1, -0.05) is 33.2 Å². The van der Waals surface area contributed by atoms with Crippen molar-refractivity contribution in [3.8, 4) is 11.3 Å². The van der Waals surface area contributed by atoms with E-state index in [0.717, 1.165) is 15.7 Å². The fourth-order valence-corrected chi connectivity index (χ4v) is 2.52. The number of aromatic nitrogens is 2. The number of halogens is 1. The molecule has 0 spiro atoms. The number of hydrogen-bond donors (Lipinski definition) is 0. The lowest BCUT2D eigenvalue weighted by Crippen LogP contribution is -2.08. The molecule has 24 heavy (non-hydrogen) atoms. The van der Waals surface area contributed by atoms with Crippen LogP contribution in [0, 0.1) is 13.8 Å². The van der Waals surface area contributed by atoms with Gasteiger partial charge in [0.05, 0.1) is 11.3 Å². The molecule has 3 rings (SSSR count). The van der Waals surface area contributed by atoms with Gasteiger partial charge in [-0.3, -0.25) is 4.98 Å². The zero-order chi connectivity index (χ0) is 17.1. The van der Waals surface area contributed by atoms with Crippen LogP contribution in [0.3, 0.4) is 0 Å². The number of hydrogen-bond acceptors (Lipinski definition) is 5. The molecule has 2 heterocycles. The quantitative estimate of drug-likeness (QED) is 0.618. The van der Waals surface area contributed by atoms with E-state index in [9.17, 15) is 4.79 Å². The standard InChI is InChI=1S/C18H15BrN2O3/c1-11-3-8-16(12(2)20-11)18(22)23-10-15-9-17(21-24-15)13-4-6-14(19)7-5-13/h3-9H,10H2,1-2H3. The van der Waals surface area contributed by atoms with Gasteiger partial charge in [-0.2, -0.15) is 0 Å². The third-order valence-electron chi connectivity index (χ3n) is 3.49. The summed E-state index contributed by atoms with van der Waals surface area (Å²) in [6.45, 7) is 3.68. The van der Waals surface area contributed by atoms with Gasteiger partial charge in [0, 0.05) is 21.8 Å². The summed E-state index contributed by atoms with van der Waals surface area (Å²) in [6, 6.07) is 13.0. The average Bonchev–Trinajstić information content (AvgIpc) is 3.02. The second-order valence-corrected chi connectivity index (χ2v) is 6.26. The first kappa shape index (κ1) is 16.4. The largest absolute Gasteiger partial charge is 0.454 e. The van der Waals surface area contributed by atoms with Crippen LogP contribution in [0.25, 0.3) is 11.3 Å². The fraction of sp³-hybridized carbons (Fsp3) is 0.167. The second-order valence-electron chi connectivity index (χ2n) is 5.35. The van der Waals surface area contributed by atoms with Gasteiger partial charge >= 0.3 is 5.97 Å². The minimum Gasteiger partial charge on any atom is -0.454 e. The van der Waals surface area contributed by atoms with E-state index in [1.165, 1.54) is 0 Å². The van der Waals surface area contributed by atoms with Crippen LogP contribution >= 0.6 is 15.9 Å². The summed E-state index contributed by atoms with van der Waals surface area (Å²) in [4.78, 5) is 16.4. The van der Waals surface area contributed by atoms with Crippen molar-refractivity contribution < 1.29 is 14.1 Å². The van der Waals surface area contributed by atoms with Crippen LogP contribution in [0.15, 0.2) is 51.5 Å². The summed E-state index contributed by atoms with van der Waals surface area (Å²) in [6.07, 6.45) is 0. The molecule has 0 N–H and O–H groups in total. The maximum atomic E-state index is 12.1. The molecule has 0 fully saturated rings. The minimum atomic E-state index is -0.429. The molecule has 5 nitrogen and oxygen atoms in total. The first-order chi connectivity index (χ1) is 11.5. The second kappa shape index (κ2) is 6.97. The number of esters is 1. The third-order valence-corrected chi connectivity index (χ3v) is 4.02. The van der Waals surface area contributed by atoms with Gasteiger partial charge in [0.25, 0.3) is 0 Å². The summed E-state index contributed by atoms with van der Waals surface area (Å²) in [7, 11) is 0. The predicted octanol–water partition coefficient (Wildman–Crippen LogP) is 4.47. The molecule has 0 unspecified atom stereocenters. The van der Waals surface area contributed by atoms with E-state index in [4.69, 9.17) is 9.26 Å². The van der Waals surface area contributed by atoms with Gasteiger partial charge in [0.2, 0.25) is 0 Å². The molecular weight excluding hydrogens is 372 g/mol. The highest BCUT2D eigenvalue weighted by molar-refractivity contribution is 9.10. The maximum absolute atomic E-state index is 12.1. The van der Waals surface area contributed by atoms with Gasteiger partial charge in [-0.25, -0.2) is 4.79 Å². The summed E-state index contributed by atoms with van der Waals surface area (Å²) >= 11 is 3.39. The topological polar surface area (TPSA) is 65.2 Å². The Morgan fingerprint density at radius 3 is 2.62 bits per heavy atom. The molecule has 0 saturated heterocycles. The SMILES string of the molecule is Cc1ccc(C(=O)OCc2cc(-c3ccc(Br)cc3)no2)c(C)n1. The van der Waals surface area contributed by atoms with Crippen molar-refractivity contribution in [3.63, 3.8) is 0 Å². The van der Waals surface area contributed by atoms with Crippen LogP contribution in [-0.2, 0) is 11.3 Å². The maximum Gasteiger partial charge on any atom is 0.340 e. The molecule has 0 atom stereocenters. The van der Waals surface area contributed by atoms with E-state index in [1.807, 2.05) is 31.2 Å². The van der Waals surface area contributed by atoms with Gasteiger partial charge in [-0.05, 0) is 38.1 Å². The smallest absolute Gasteiger partial charge is 0.340 e. The van der Waals surface area contributed by atoms with Crippen molar-refractivity contribution >= 4 is 21.9 Å². The van der Waals surface area contributed by atoms with Crippen LogP contribution in [0.5, 0.6) is 0 Å². The Bertz CT molecular complexity index is 872. The number of carbonyl (C=O) groups excluding carboxylic acids is 1. The van der Waals surface area contributed by atoms with Crippen LogP contribution in [0.2, 0.25) is 0 Å². The van der Waals surface area contributed by atoms with Gasteiger partial charge in [0.15, 0.2) is 12.4 Å². The van der Waals surface area contributed by atoms with Crippen molar-refractivity contribution in [3.05, 3.63) is 69.6 Å². The third kappa shape index (κ3) is 3.71. The van der Waals surface area contributed by atoms with E-state index in [1.54, 1.807) is 25.1 Å². The first-order valence-corrected chi connectivity index (χ1v) is 8.15. The predicted molar refractivity (Wildman–Crippen MR) is 92.5 cm³/mol. The minimum absolute atomic E-state index is 0.0235. The van der Waals surface area contributed by atoms with E-state index >= 15 is 0 Å². The van der Waals surface area contributed by atoms with Crippen LogP contribution in [-0.4, -0.2) is 16.1 Å². The van der Waals surface area contributed by atoms with Crippen molar-refractivity contribution in [2.75, 3.05) is 0 Å². The van der Waals surface area contributed by atoms with Gasteiger partial charge in [-0.15, -0.1) is 0 Å². The Kier molecular flexibility index (Phi) is 4.76. The molecule has 0 bridgehead atoms. The molecule has 0 radical (unpaired) electrons. The van der Waals surface area contributed by atoms with Gasteiger partial charge < -0.3 is 9.26 Å². The number of aryl methyl sites for hydroxylation is 2. The van der Waals surface area contributed by atoms with E-state index < -0.39 is 5.97 Å². The molecule has 0 aliphatic heterocycles. The molecule has 122 valence electrons. The summed E-state index contributed by atoms with van der Waals surface area (Å²) in [5, 5.41) is 4.00. The number of benzene rings is 1. The molecule has 0 saturated carbocycles.